The average molecular weight is 317 g/mol. The van der Waals surface area contributed by atoms with Gasteiger partial charge in [-0.2, -0.15) is 5.10 Å². The van der Waals surface area contributed by atoms with Gasteiger partial charge in [-0.05, 0) is 29.8 Å². The number of carbonyl (C=O) groups excluding carboxylic acids is 1. The number of amides is 1. The third-order valence-corrected chi connectivity index (χ3v) is 4.47. The van der Waals surface area contributed by atoms with Crippen LogP contribution in [0.3, 0.4) is 0 Å². The van der Waals surface area contributed by atoms with Crippen molar-refractivity contribution in [2.45, 2.75) is 12.5 Å². The van der Waals surface area contributed by atoms with Gasteiger partial charge in [-0.25, -0.2) is 5.01 Å². The van der Waals surface area contributed by atoms with Crippen LogP contribution in [-0.4, -0.2) is 16.6 Å². The van der Waals surface area contributed by atoms with E-state index < -0.39 is 0 Å². The van der Waals surface area contributed by atoms with Crippen LogP contribution in [0, 0.1) is 0 Å². The van der Waals surface area contributed by atoms with E-state index in [-0.39, 0.29) is 11.9 Å². The largest absolute Gasteiger partial charge is 0.274 e. The highest BCUT2D eigenvalue weighted by atomic mass is 35.5. The molecule has 0 aliphatic carbocycles. The van der Waals surface area contributed by atoms with Gasteiger partial charge in [0.1, 0.15) is 0 Å². The van der Waals surface area contributed by atoms with E-state index in [4.69, 9.17) is 23.2 Å². The molecular formula is C16H10Cl2N2O. The van der Waals surface area contributed by atoms with Crippen molar-refractivity contribution in [2.75, 3.05) is 0 Å². The number of hydrazone groups is 1. The Hall–Kier alpha value is -1.84. The fraction of sp³-hybridized carbons (Fsp3) is 0.125. The van der Waals surface area contributed by atoms with Crippen LogP contribution in [-0.2, 0) is 0 Å². The molecule has 5 heteroatoms. The quantitative estimate of drug-likeness (QED) is 0.772. The van der Waals surface area contributed by atoms with E-state index in [2.05, 4.69) is 5.10 Å². The van der Waals surface area contributed by atoms with E-state index in [0.29, 0.717) is 16.5 Å². The normalized spacial score (nSPS) is 19.5. The molecule has 2 aromatic carbocycles. The van der Waals surface area contributed by atoms with Crippen LogP contribution in [0.5, 0.6) is 0 Å². The van der Waals surface area contributed by atoms with Gasteiger partial charge in [0.25, 0.3) is 5.91 Å². The molecule has 4 rings (SSSR count). The van der Waals surface area contributed by atoms with Crippen molar-refractivity contribution < 1.29 is 4.79 Å². The molecule has 0 fully saturated rings. The minimum absolute atomic E-state index is 0.0289. The van der Waals surface area contributed by atoms with Gasteiger partial charge in [-0.3, -0.25) is 4.79 Å². The SMILES string of the molecule is O=C1c2ccccc2[C@@H]2CC(c3cc(Cl)ccc3Cl)=NN12. The molecular weight excluding hydrogens is 307 g/mol. The Labute approximate surface area is 131 Å². The molecule has 0 saturated carbocycles. The summed E-state index contributed by atoms with van der Waals surface area (Å²) in [4.78, 5) is 12.4. The maximum atomic E-state index is 12.4. The Morgan fingerprint density at radius 1 is 1.10 bits per heavy atom. The standard InChI is InChI=1S/C16H10Cl2N2O/c17-9-5-6-13(18)12(7-9)14-8-15-10-3-1-2-4-11(10)16(21)20(15)19-14/h1-7,15H,8H2/t15-/m0/s1. The minimum Gasteiger partial charge on any atom is -0.267 e. The first-order chi connectivity index (χ1) is 10.1. The summed E-state index contributed by atoms with van der Waals surface area (Å²) in [5.41, 5.74) is 3.36. The molecule has 3 nitrogen and oxygen atoms in total. The lowest BCUT2D eigenvalue weighted by Gasteiger charge is -2.10. The van der Waals surface area contributed by atoms with Crippen molar-refractivity contribution in [1.82, 2.24) is 5.01 Å². The second-order valence-corrected chi connectivity index (χ2v) is 5.97. The number of benzene rings is 2. The van der Waals surface area contributed by atoms with Crippen LogP contribution in [0.2, 0.25) is 10.0 Å². The number of hydrogen-bond donors (Lipinski definition) is 0. The highest BCUT2D eigenvalue weighted by Gasteiger charge is 2.41. The summed E-state index contributed by atoms with van der Waals surface area (Å²) in [6.07, 6.45) is 0.656. The predicted octanol–water partition coefficient (Wildman–Crippen LogP) is 4.30. The Balaban J connectivity index is 1.77. The predicted molar refractivity (Wildman–Crippen MR) is 83.0 cm³/mol. The summed E-state index contributed by atoms with van der Waals surface area (Å²) in [5, 5.41) is 7.23. The summed E-state index contributed by atoms with van der Waals surface area (Å²) in [6.45, 7) is 0. The second-order valence-electron chi connectivity index (χ2n) is 5.13. The van der Waals surface area contributed by atoms with Crippen molar-refractivity contribution in [3.8, 4) is 0 Å². The number of halogens is 2. The Bertz CT molecular complexity index is 801. The van der Waals surface area contributed by atoms with Gasteiger partial charge in [0.2, 0.25) is 0 Å². The van der Waals surface area contributed by atoms with Gasteiger partial charge in [0.15, 0.2) is 0 Å². The van der Waals surface area contributed by atoms with Gasteiger partial charge >= 0.3 is 0 Å². The molecule has 2 aliphatic rings. The Kier molecular flexibility index (Phi) is 2.81. The third kappa shape index (κ3) is 1.88. The molecule has 21 heavy (non-hydrogen) atoms. The van der Waals surface area contributed by atoms with E-state index in [1.54, 1.807) is 23.2 Å². The maximum absolute atomic E-state index is 12.4. The monoisotopic (exact) mass is 316 g/mol. The van der Waals surface area contributed by atoms with Crippen LogP contribution in [0.25, 0.3) is 0 Å². The van der Waals surface area contributed by atoms with Crippen molar-refractivity contribution in [3.05, 3.63) is 69.2 Å². The molecule has 1 atom stereocenters. The summed E-state index contributed by atoms with van der Waals surface area (Å²) in [5.74, 6) is -0.0521. The summed E-state index contributed by atoms with van der Waals surface area (Å²) >= 11 is 12.3. The van der Waals surface area contributed by atoms with Gasteiger partial charge < -0.3 is 0 Å². The Morgan fingerprint density at radius 3 is 2.76 bits per heavy atom. The highest BCUT2D eigenvalue weighted by Crippen LogP contribution is 2.41. The number of fused-ring (bicyclic) bond motifs is 3. The molecule has 2 aliphatic heterocycles. The molecule has 0 aromatic heterocycles. The molecule has 0 saturated heterocycles. The number of rotatable bonds is 1. The van der Waals surface area contributed by atoms with Crippen molar-refractivity contribution in [2.24, 2.45) is 5.10 Å². The molecule has 1 amide bonds. The molecule has 0 bridgehead atoms. The molecule has 2 aromatic rings. The molecule has 0 spiro atoms. The Morgan fingerprint density at radius 2 is 1.90 bits per heavy atom. The van der Waals surface area contributed by atoms with Gasteiger partial charge in [-0.1, -0.05) is 41.4 Å². The van der Waals surface area contributed by atoms with Crippen LogP contribution in [0.1, 0.15) is 33.9 Å². The lowest BCUT2D eigenvalue weighted by Crippen LogP contribution is -2.17. The summed E-state index contributed by atoms with van der Waals surface area (Å²) < 4.78 is 0. The van der Waals surface area contributed by atoms with E-state index in [0.717, 1.165) is 22.4 Å². The minimum atomic E-state index is -0.0521. The lowest BCUT2D eigenvalue weighted by atomic mass is 9.98. The smallest absolute Gasteiger partial charge is 0.267 e. The van der Waals surface area contributed by atoms with Crippen molar-refractivity contribution in [3.63, 3.8) is 0 Å². The van der Waals surface area contributed by atoms with E-state index >= 15 is 0 Å². The van der Waals surface area contributed by atoms with Gasteiger partial charge in [-0.15, -0.1) is 0 Å². The summed E-state index contributed by atoms with van der Waals surface area (Å²) in [7, 11) is 0. The molecule has 0 N–H and O–H groups in total. The third-order valence-electron chi connectivity index (χ3n) is 3.91. The number of carbonyl (C=O) groups is 1. The van der Waals surface area contributed by atoms with Crippen LogP contribution >= 0.6 is 23.2 Å². The fourth-order valence-electron chi connectivity index (χ4n) is 2.93. The van der Waals surface area contributed by atoms with Crippen LogP contribution < -0.4 is 0 Å². The van der Waals surface area contributed by atoms with E-state index in [9.17, 15) is 4.79 Å². The zero-order valence-corrected chi connectivity index (χ0v) is 12.4. The number of hydrogen-bond acceptors (Lipinski definition) is 2. The van der Waals surface area contributed by atoms with Crippen LogP contribution in [0.4, 0.5) is 0 Å². The summed E-state index contributed by atoms with van der Waals surface area (Å²) in [6, 6.07) is 12.9. The first-order valence-electron chi connectivity index (χ1n) is 6.60. The topological polar surface area (TPSA) is 32.7 Å². The first kappa shape index (κ1) is 12.9. The van der Waals surface area contributed by atoms with E-state index in [1.165, 1.54) is 0 Å². The first-order valence-corrected chi connectivity index (χ1v) is 7.36. The van der Waals surface area contributed by atoms with Gasteiger partial charge in [0.05, 0.1) is 11.8 Å². The second kappa shape index (κ2) is 4.58. The lowest BCUT2D eigenvalue weighted by molar-refractivity contribution is 0.0756. The van der Waals surface area contributed by atoms with E-state index in [1.807, 2.05) is 24.3 Å². The van der Waals surface area contributed by atoms with Crippen molar-refractivity contribution >= 4 is 34.8 Å². The van der Waals surface area contributed by atoms with Gasteiger partial charge in [0, 0.05) is 27.6 Å². The fourth-order valence-corrected chi connectivity index (χ4v) is 3.33. The molecule has 0 radical (unpaired) electrons. The van der Waals surface area contributed by atoms with Crippen molar-refractivity contribution in [1.29, 1.82) is 0 Å². The zero-order valence-electron chi connectivity index (χ0n) is 10.9. The molecule has 104 valence electrons. The highest BCUT2D eigenvalue weighted by molar-refractivity contribution is 6.36. The maximum Gasteiger partial charge on any atom is 0.274 e. The van der Waals surface area contributed by atoms with Crippen LogP contribution in [0.15, 0.2) is 47.6 Å². The molecule has 2 heterocycles. The molecule has 0 unspecified atom stereocenters. The number of nitrogens with zero attached hydrogens (tertiary/aromatic N) is 2. The average Bonchev–Trinajstić information content (AvgIpc) is 3.03. The zero-order chi connectivity index (χ0) is 14.6.